The van der Waals surface area contributed by atoms with Crippen molar-refractivity contribution in [2.24, 2.45) is 0 Å². The lowest BCUT2D eigenvalue weighted by Crippen LogP contribution is -2.61. The molecule has 0 amide bonds. The van der Waals surface area contributed by atoms with E-state index in [-0.39, 0.29) is 25.2 Å². The molecule has 0 saturated carbocycles. The second-order valence-corrected chi connectivity index (χ2v) is 6.65. The molecule has 0 radical (unpaired) electrons. The Bertz CT molecular complexity index is 688. The molecule has 4 N–H and O–H groups in total. The fraction of sp³-hybridized carbons (Fsp3) is 0.556. The Labute approximate surface area is 160 Å². The van der Waals surface area contributed by atoms with E-state index in [0.717, 1.165) is 0 Å². The third-order valence-electron chi connectivity index (χ3n) is 4.52. The summed E-state index contributed by atoms with van der Waals surface area (Å²) in [4.78, 5) is 23.3. The minimum Gasteiger partial charge on any atom is -0.508 e. The smallest absolute Gasteiger partial charge is 0.310 e. The van der Waals surface area contributed by atoms with Crippen molar-refractivity contribution in [1.29, 1.82) is 0 Å². The third-order valence-corrected chi connectivity index (χ3v) is 4.52. The van der Waals surface area contributed by atoms with Gasteiger partial charge in [0, 0.05) is 0 Å². The number of esters is 2. The fourth-order valence-corrected chi connectivity index (χ4v) is 3.05. The predicted molar refractivity (Wildman–Crippen MR) is 89.9 cm³/mol. The zero-order chi connectivity index (χ0) is 20.3. The first-order valence-electron chi connectivity index (χ1n) is 8.78. The van der Waals surface area contributed by atoms with E-state index in [1.54, 1.807) is 0 Å². The Morgan fingerprint density at radius 1 is 1.18 bits per heavy atom. The lowest BCUT2D eigenvalue weighted by molar-refractivity contribution is -0.312. The number of aromatic hydroxyl groups is 1. The van der Waals surface area contributed by atoms with Crippen molar-refractivity contribution in [1.82, 2.24) is 0 Å². The predicted octanol–water partition coefficient (Wildman–Crippen LogP) is -1.38. The molecule has 6 unspecified atom stereocenters. The minimum absolute atomic E-state index is 0.00363. The first-order valence-corrected chi connectivity index (χ1v) is 8.78. The van der Waals surface area contributed by atoms with Crippen molar-refractivity contribution in [2.75, 3.05) is 13.2 Å². The maximum atomic E-state index is 12.2. The van der Waals surface area contributed by atoms with E-state index < -0.39 is 55.4 Å². The Hall–Kier alpha value is -2.24. The monoisotopic (exact) mass is 398 g/mol. The van der Waals surface area contributed by atoms with Gasteiger partial charge >= 0.3 is 11.9 Å². The number of phenols is 1. The van der Waals surface area contributed by atoms with Gasteiger partial charge in [-0.2, -0.15) is 0 Å². The molecule has 6 atom stereocenters. The molecule has 1 aromatic carbocycles. The fourth-order valence-electron chi connectivity index (χ4n) is 3.05. The van der Waals surface area contributed by atoms with Crippen LogP contribution in [-0.4, -0.2) is 82.4 Å². The molecule has 0 aliphatic carbocycles. The van der Waals surface area contributed by atoms with Crippen LogP contribution in [0, 0.1) is 0 Å². The molecule has 0 spiro atoms. The number of ether oxygens (including phenoxy) is 4. The van der Waals surface area contributed by atoms with Crippen molar-refractivity contribution in [3.8, 4) is 5.75 Å². The number of aliphatic hydroxyl groups excluding tert-OH is 3. The van der Waals surface area contributed by atoms with E-state index in [1.165, 1.54) is 24.3 Å². The highest BCUT2D eigenvalue weighted by molar-refractivity contribution is 5.73. The van der Waals surface area contributed by atoms with E-state index >= 15 is 0 Å². The van der Waals surface area contributed by atoms with Gasteiger partial charge in [0.15, 0.2) is 12.4 Å². The quantitative estimate of drug-likeness (QED) is 0.422. The molecular formula is C18H22O10. The number of rotatable bonds is 6. The van der Waals surface area contributed by atoms with Gasteiger partial charge in [0.05, 0.1) is 19.4 Å². The summed E-state index contributed by atoms with van der Waals surface area (Å²) in [5.41, 5.74) is 0.572. The van der Waals surface area contributed by atoms with Gasteiger partial charge in [0.2, 0.25) is 0 Å². The Balaban J connectivity index is 1.60. The number of hydrogen-bond donors (Lipinski definition) is 4. The molecule has 3 rings (SSSR count). The van der Waals surface area contributed by atoms with E-state index in [0.29, 0.717) is 5.56 Å². The van der Waals surface area contributed by atoms with Crippen LogP contribution in [-0.2, 0) is 35.0 Å². The highest BCUT2D eigenvalue weighted by Crippen LogP contribution is 2.27. The summed E-state index contributed by atoms with van der Waals surface area (Å²) in [6, 6.07) is 5.91. The van der Waals surface area contributed by atoms with Crippen molar-refractivity contribution in [2.45, 2.75) is 49.7 Å². The van der Waals surface area contributed by atoms with Crippen molar-refractivity contribution >= 4 is 11.9 Å². The van der Waals surface area contributed by atoms with Crippen LogP contribution in [0.4, 0.5) is 0 Å². The van der Waals surface area contributed by atoms with E-state index in [9.17, 15) is 30.0 Å². The van der Waals surface area contributed by atoms with Gasteiger partial charge in [0.1, 0.15) is 36.8 Å². The summed E-state index contributed by atoms with van der Waals surface area (Å²) in [5, 5.41) is 39.4. The normalized spacial score (nSPS) is 32.8. The molecular weight excluding hydrogens is 376 g/mol. The van der Waals surface area contributed by atoms with Gasteiger partial charge in [-0.05, 0) is 17.7 Å². The Kier molecular flexibility index (Phi) is 6.47. The number of cyclic esters (lactones) is 1. The first kappa shape index (κ1) is 20.5. The third kappa shape index (κ3) is 4.78. The topological polar surface area (TPSA) is 152 Å². The van der Waals surface area contributed by atoms with Gasteiger partial charge in [-0.1, -0.05) is 12.1 Å². The van der Waals surface area contributed by atoms with Crippen molar-refractivity contribution < 1.29 is 49.0 Å². The molecule has 2 aliphatic rings. The Morgan fingerprint density at radius 3 is 2.50 bits per heavy atom. The van der Waals surface area contributed by atoms with Crippen LogP contribution in [0.1, 0.15) is 12.0 Å². The molecule has 2 heterocycles. The zero-order valence-electron chi connectivity index (χ0n) is 14.8. The second-order valence-electron chi connectivity index (χ2n) is 6.65. The van der Waals surface area contributed by atoms with Crippen LogP contribution in [0.3, 0.4) is 0 Å². The largest absolute Gasteiger partial charge is 0.508 e. The zero-order valence-corrected chi connectivity index (χ0v) is 14.8. The van der Waals surface area contributed by atoms with E-state index in [4.69, 9.17) is 18.9 Å². The maximum Gasteiger partial charge on any atom is 0.310 e. The van der Waals surface area contributed by atoms with Gasteiger partial charge in [-0.3, -0.25) is 9.59 Å². The molecule has 0 aromatic heterocycles. The number of hydrogen-bond acceptors (Lipinski definition) is 10. The second kappa shape index (κ2) is 8.84. The highest BCUT2D eigenvalue weighted by atomic mass is 16.7. The summed E-state index contributed by atoms with van der Waals surface area (Å²) in [6.07, 6.45) is -7.71. The lowest BCUT2D eigenvalue weighted by Gasteiger charge is -2.41. The van der Waals surface area contributed by atoms with Crippen LogP contribution in [0.15, 0.2) is 24.3 Å². The van der Waals surface area contributed by atoms with Crippen LogP contribution in [0.25, 0.3) is 0 Å². The molecule has 0 bridgehead atoms. The molecule has 154 valence electrons. The standard InChI is InChI=1S/C18H22O10/c19-7-12-17(28-14(22)5-9-1-3-10(20)4-2-9)15(23)16(24)18(27-12)26-11-6-13(21)25-8-11/h1-4,11-12,15-20,23-24H,5-8H2. The number of phenolic OH excluding ortho intramolecular Hbond substituents is 1. The number of carbonyl (C=O) groups excluding carboxylic acids is 2. The number of aliphatic hydroxyl groups is 3. The average molecular weight is 398 g/mol. The highest BCUT2D eigenvalue weighted by Gasteiger charge is 2.48. The Morgan fingerprint density at radius 2 is 1.89 bits per heavy atom. The van der Waals surface area contributed by atoms with Gasteiger partial charge in [-0.15, -0.1) is 0 Å². The SMILES string of the molecule is O=C1CC(OC2OC(CO)C(OC(=O)Cc3ccc(O)cc3)C(O)C2O)CO1. The summed E-state index contributed by atoms with van der Waals surface area (Å²) in [6.45, 7) is -0.600. The molecule has 10 nitrogen and oxygen atoms in total. The number of benzene rings is 1. The molecule has 1 aromatic rings. The lowest BCUT2D eigenvalue weighted by atomic mass is 9.98. The molecule has 2 saturated heterocycles. The summed E-state index contributed by atoms with van der Waals surface area (Å²) < 4.78 is 20.9. The van der Waals surface area contributed by atoms with Gasteiger partial charge < -0.3 is 39.4 Å². The average Bonchev–Trinajstić information content (AvgIpc) is 3.08. The van der Waals surface area contributed by atoms with Crippen LogP contribution < -0.4 is 0 Å². The van der Waals surface area contributed by atoms with Gasteiger partial charge in [-0.25, -0.2) is 0 Å². The number of carbonyl (C=O) groups is 2. The molecule has 28 heavy (non-hydrogen) atoms. The molecule has 2 aliphatic heterocycles. The van der Waals surface area contributed by atoms with Crippen LogP contribution >= 0.6 is 0 Å². The molecule has 2 fully saturated rings. The van der Waals surface area contributed by atoms with E-state index in [2.05, 4.69) is 0 Å². The van der Waals surface area contributed by atoms with Crippen LogP contribution in [0.5, 0.6) is 5.75 Å². The van der Waals surface area contributed by atoms with Gasteiger partial charge in [0.25, 0.3) is 0 Å². The summed E-state index contributed by atoms with van der Waals surface area (Å²) in [7, 11) is 0. The van der Waals surface area contributed by atoms with Crippen molar-refractivity contribution in [3.63, 3.8) is 0 Å². The first-order chi connectivity index (χ1) is 13.4. The maximum absolute atomic E-state index is 12.2. The summed E-state index contributed by atoms with van der Waals surface area (Å²) in [5.74, 6) is -1.11. The molecule has 10 heteroatoms. The van der Waals surface area contributed by atoms with Crippen LogP contribution in [0.2, 0.25) is 0 Å². The van der Waals surface area contributed by atoms with E-state index in [1.807, 2.05) is 0 Å². The van der Waals surface area contributed by atoms with Crippen molar-refractivity contribution in [3.05, 3.63) is 29.8 Å². The minimum atomic E-state index is -1.57. The summed E-state index contributed by atoms with van der Waals surface area (Å²) >= 11 is 0.